The minimum Gasteiger partial charge on any atom is -0.481 e. The van der Waals surface area contributed by atoms with E-state index < -0.39 is 17.6 Å². The van der Waals surface area contributed by atoms with Crippen LogP contribution in [-0.2, 0) is 11.2 Å². The van der Waals surface area contributed by atoms with Gasteiger partial charge in [-0.1, -0.05) is 11.3 Å². The Labute approximate surface area is 101 Å². The average Bonchev–Trinajstić information content (AvgIpc) is 2.75. The summed E-state index contributed by atoms with van der Waals surface area (Å²) in [5, 5.41) is 15.8. The lowest BCUT2D eigenvalue weighted by molar-refractivity contribution is -0.136. The van der Waals surface area contributed by atoms with E-state index in [0.717, 1.165) is 16.8 Å². The average molecular weight is 253 g/mol. The fraction of sp³-hybridized carbons (Fsp3) is 0.182. The third-order valence-corrected chi connectivity index (χ3v) is 2.30. The lowest BCUT2D eigenvalue weighted by Gasteiger charge is -2.02. The van der Waals surface area contributed by atoms with Crippen LogP contribution in [-0.4, -0.2) is 26.1 Å². The standard InChI is InChI=1S/C11H9F2N3O2/c12-8-2-1-3-9(13)11(8)16-6-7(14-15-16)4-5-10(17)18/h1-3,6H,4-5H2,(H,17,18). The molecule has 1 aromatic carbocycles. The number of carboxylic acid groups (broad SMARTS) is 1. The van der Waals surface area contributed by atoms with Gasteiger partial charge in [-0.25, -0.2) is 13.5 Å². The van der Waals surface area contributed by atoms with Gasteiger partial charge in [0, 0.05) is 6.42 Å². The number of nitrogens with zero attached hydrogens (tertiary/aromatic N) is 3. The molecule has 0 saturated heterocycles. The summed E-state index contributed by atoms with van der Waals surface area (Å²) in [7, 11) is 0. The topological polar surface area (TPSA) is 68.0 Å². The van der Waals surface area contributed by atoms with Crippen molar-refractivity contribution in [3.05, 3.63) is 41.7 Å². The number of rotatable bonds is 4. The summed E-state index contributed by atoms with van der Waals surface area (Å²) in [4.78, 5) is 10.4. The van der Waals surface area contributed by atoms with Gasteiger partial charge in [-0.15, -0.1) is 5.10 Å². The van der Waals surface area contributed by atoms with Crippen LogP contribution in [0, 0.1) is 11.6 Å². The zero-order valence-electron chi connectivity index (χ0n) is 9.18. The third kappa shape index (κ3) is 2.50. The van der Waals surface area contributed by atoms with Crippen molar-refractivity contribution in [3.8, 4) is 5.69 Å². The van der Waals surface area contributed by atoms with Crippen molar-refractivity contribution >= 4 is 5.97 Å². The number of hydrogen-bond donors (Lipinski definition) is 1. The Morgan fingerprint density at radius 2 is 2.00 bits per heavy atom. The second kappa shape index (κ2) is 4.91. The first-order valence-electron chi connectivity index (χ1n) is 5.15. The Hall–Kier alpha value is -2.31. The Morgan fingerprint density at radius 3 is 2.61 bits per heavy atom. The summed E-state index contributed by atoms with van der Waals surface area (Å²) < 4.78 is 27.8. The van der Waals surface area contributed by atoms with Crippen molar-refractivity contribution in [1.29, 1.82) is 0 Å². The normalized spacial score (nSPS) is 10.6. The van der Waals surface area contributed by atoms with Crippen LogP contribution in [0.3, 0.4) is 0 Å². The van der Waals surface area contributed by atoms with Crippen LogP contribution in [0.25, 0.3) is 5.69 Å². The molecule has 0 atom stereocenters. The number of aliphatic carboxylic acids is 1. The summed E-state index contributed by atoms with van der Waals surface area (Å²) >= 11 is 0. The predicted octanol–water partition coefficient (Wildman–Crippen LogP) is 1.56. The molecule has 0 bridgehead atoms. The molecule has 1 heterocycles. The molecule has 7 heteroatoms. The molecular weight excluding hydrogens is 244 g/mol. The van der Waals surface area contributed by atoms with E-state index >= 15 is 0 Å². The molecule has 1 N–H and O–H groups in total. The first kappa shape index (κ1) is 12.2. The molecule has 0 radical (unpaired) electrons. The zero-order valence-corrected chi connectivity index (χ0v) is 9.18. The molecule has 0 fully saturated rings. The van der Waals surface area contributed by atoms with Crippen molar-refractivity contribution in [2.75, 3.05) is 0 Å². The number of benzene rings is 1. The zero-order chi connectivity index (χ0) is 13.1. The largest absolute Gasteiger partial charge is 0.481 e. The molecule has 5 nitrogen and oxygen atoms in total. The van der Waals surface area contributed by atoms with Crippen molar-refractivity contribution in [2.24, 2.45) is 0 Å². The highest BCUT2D eigenvalue weighted by atomic mass is 19.1. The lowest BCUT2D eigenvalue weighted by atomic mass is 10.2. The minimum absolute atomic E-state index is 0.113. The summed E-state index contributed by atoms with van der Waals surface area (Å²) in [6.45, 7) is 0. The maximum Gasteiger partial charge on any atom is 0.303 e. The summed E-state index contributed by atoms with van der Waals surface area (Å²) in [5.41, 5.74) is 0.0339. The quantitative estimate of drug-likeness (QED) is 0.897. The molecular formula is C11H9F2N3O2. The van der Waals surface area contributed by atoms with E-state index in [1.807, 2.05) is 0 Å². The van der Waals surface area contributed by atoms with E-state index in [1.54, 1.807) is 0 Å². The molecule has 2 aromatic rings. The summed E-state index contributed by atoms with van der Waals surface area (Å²) in [6, 6.07) is 3.46. The molecule has 0 amide bonds. The Kier molecular flexibility index (Phi) is 3.31. The first-order chi connectivity index (χ1) is 8.58. The SMILES string of the molecule is O=C(O)CCc1cn(-c2c(F)cccc2F)nn1. The molecule has 0 aliphatic rings. The van der Waals surface area contributed by atoms with E-state index in [0.29, 0.717) is 5.69 Å². The van der Waals surface area contributed by atoms with Gasteiger partial charge in [-0.3, -0.25) is 4.79 Å². The number of aromatic nitrogens is 3. The fourth-order valence-electron chi connectivity index (χ4n) is 1.47. The van der Waals surface area contributed by atoms with Crippen molar-refractivity contribution in [3.63, 3.8) is 0 Å². The van der Waals surface area contributed by atoms with E-state index in [-0.39, 0.29) is 18.5 Å². The van der Waals surface area contributed by atoms with Gasteiger partial charge in [0.25, 0.3) is 0 Å². The van der Waals surface area contributed by atoms with Crippen LogP contribution in [0.15, 0.2) is 24.4 Å². The Morgan fingerprint density at radius 1 is 1.33 bits per heavy atom. The lowest BCUT2D eigenvalue weighted by Crippen LogP contribution is -2.02. The number of halogens is 2. The second-order valence-corrected chi connectivity index (χ2v) is 3.62. The van der Waals surface area contributed by atoms with Crippen molar-refractivity contribution < 1.29 is 18.7 Å². The molecule has 18 heavy (non-hydrogen) atoms. The van der Waals surface area contributed by atoms with E-state index in [4.69, 9.17) is 5.11 Å². The fourth-order valence-corrected chi connectivity index (χ4v) is 1.47. The predicted molar refractivity (Wildman–Crippen MR) is 57.2 cm³/mol. The number of carboxylic acids is 1. The second-order valence-electron chi connectivity index (χ2n) is 3.62. The highest BCUT2D eigenvalue weighted by Gasteiger charge is 2.13. The molecule has 1 aromatic heterocycles. The van der Waals surface area contributed by atoms with Crippen molar-refractivity contribution in [1.82, 2.24) is 15.0 Å². The Balaban J connectivity index is 2.27. The Bertz CT molecular complexity index is 563. The first-order valence-corrected chi connectivity index (χ1v) is 5.15. The van der Waals surface area contributed by atoms with Gasteiger partial charge >= 0.3 is 5.97 Å². The maximum atomic E-state index is 13.4. The van der Waals surface area contributed by atoms with Gasteiger partial charge in [0.1, 0.15) is 5.69 Å². The van der Waals surface area contributed by atoms with Crippen LogP contribution in [0.1, 0.15) is 12.1 Å². The van der Waals surface area contributed by atoms with Gasteiger partial charge in [-0.2, -0.15) is 0 Å². The number of carbonyl (C=O) groups is 1. The third-order valence-electron chi connectivity index (χ3n) is 2.30. The molecule has 0 spiro atoms. The highest BCUT2D eigenvalue weighted by molar-refractivity contribution is 5.66. The molecule has 94 valence electrons. The van der Waals surface area contributed by atoms with Gasteiger partial charge in [0.05, 0.1) is 18.3 Å². The van der Waals surface area contributed by atoms with Crippen LogP contribution in [0.2, 0.25) is 0 Å². The summed E-state index contributed by atoms with van der Waals surface area (Å²) in [6.07, 6.45) is 1.36. The highest BCUT2D eigenvalue weighted by Crippen LogP contribution is 2.16. The molecule has 0 aliphatic carbocycles. The van der Waals surface area contributed by atoms with Gasteiger partial charge in [0.15, 0.2) is 11.6 Å². The van der Waals surface area contributed by atoms with Crippen molar-refractivity contribution in [2.45, 2.75) is 12.8 Å². The van der Waals surface area contributed by atoms with Crippen LogP contribution < -0.4 is 0 Å². The van der Waals surface area contributed by atoms with E-state index in [1.165, 1.54) is 12.3 Å². The van der Waals surface area contributed by atoms with Crippen LogP contribution in [0.4, 0.5) is 8.78 Å². The number of hydrogen-bond acceptors (Lipinski definition) is 3. The number of para-hydroxylation sites is 1. The molecule has 0 unspecified atom stereocenters. The monoisotopic (exact) mass is 253 g/mol. The minimum atomic E-state index is -0.971. The smallest absolute Gasteiger partial charge is 0.303 e. The van der Waals surface area contributed by atoms with E-state index in [9.17, 15) is 13.6 Å². The molecule has 0 saturated carbocycles. The van der Waals surface area contributed by atoms with E-state index in [2.05, 4.69) is 10.3 Å². The van der Waals surface area contributed by atoms with Gasteiger partial charge < -0.3 is 5.11 Å². The molecule has 0 aliphatic heterocycles. The summed E-state index contributed by atoms with van der Waals surface area (Å²) in [5.74, 6) is -2.49. The van der Waals surface area contributed by atoms with Gasteiger partial charge in [-0.05, 0) is 12.1 Å². The maximum absolute atomic E-state index is 13.4. The van der Waals surface area contributed by atoms with Crippen LogP contribution >= 0.6 is 0 Å². The van der Waals surface area contributed by atoms with Crippen LogP contribution in [0.5, 0.6) is 0 Å². The van der Waals surface area contributed by atoms with Gasteiger partial charge in [0.2, 0.25) is 0 Å². The number of aryl methyl sites for hydroxylation is 1. The molecule has 2 rings (SSSR count).